The molecule has 0 atom stereocenters. The van der Waals surface area contributed by atoms with E-state index in [4.69, 9.17) is 22.2 Å². The van der Waals surface area contributed by atoms with Crippen LogP contribution >= 0.6 is 11.6 Å². The van der Waals surface area contributed by atoms with E-state index in [-0.39, 0.29) is 0 Å². The van der Waals surface area contributed by atoms with E-state index < -0.39 is 0 Å². The Bertz CT molecular complexity index is 503. The van der Waals surface area contributed by atoms with Gasteiger partial charge in [0, 0.05) is 5.02 Å². The predicted molar refractivity (Wildman–Crippen MR) is 58.9 cm³/mol. The van der Waals surface area contributed by atoms with Crippen molar-refractivity contribution in [1.82, 2.24) is 9.97 Å². The van der Waals surface area contributed by atoms with Crippen LogP contribution in [0.1, 0.15) is 0 Å². The van der Waals surface area contributed by atoms with Gasteiger partial charge < -0.3 is 10.2 Å². The normalized spacial score (nSPS) is 10.3. The van der Waals surface area contributed by atoms with Crippen molar-refractivity contribution in [2.75, 3.05) is 12.5 Å². The minimum absolute atomic E-state index is 0.340. The van der Waals surface area contributed by atoms with Gasteiger partial charge in [0.1, 0.15) is 0 Å². The summed E-state index contributed by atoms with van der Waals surface area (Å²) in [6.07, 6.45) is 0. The van der Waals surface area contributed by atoms with Crippen molar-refractivity contribution in [1.29, 1.82) is 0 Å². The summed E-state index contributed by atoms with van der Waals surface area (Å²) in [5.74, 6) is 6.02. The van der Waals surface area contributed by atoms with Gasteiger partial charge in [0.15, 0.2) is 0 Å². The minimum Gasteiger partial charge on any atom is -0.478 e. The third kappa shape index (κ3) is 1.79. The fraction of sp³-hybridized carbons (Fsp3) is 0.111. The second kappa shape index (κ2) is 3.88. The quantitative estimate of drug-likeness (QED) is 0.599. The van der Waals surface area contributed by atoms with E-state index in [0.717, 1.165) is 0 Å². The molecule has 0 bridgehead atoms. The van der Waals surface area contributed by atoms with E-state index in [1.54, 1.807) is 18.2 Å². The molecular formula is C9H9ClN4O. The maximum atomic E-state index is 5.84. The fourth-order valence-electron chi connectivity index (χ4n) is 1.25. The topological polar surface area (TPSA) is 73.1 Å². The Hall–Kier alpha value is -1.59. The molecule has 5 nitrogen and oxygen atoms in total. The Morgan fingerprint density at radius 1 is 1.33 bits per heavy atom. The van der Waals surface area contributed by atoms with E-state index in [1.165, 1.54) is 7.11 Å². The predicted octanol–water partition coefficient (Wildman–Crippen LogP) is 1.58. The Kier molecular flexibility index (Phi) is 2.57. The van der Waals surface area contributed by atoms with Crippen LogP contribution in [0.2, 0.25) is 5.02 Å². The third-order valence-electron chi connectivity index (χ3n) is 1.92. The molecule has 0 fully saturated rings. The van der Waals surface area contributed by atoms with Crippen molar-refractivity contribution < 1.29 is 4.74 Å². The number of nitrogens with zero attached hydrogens (tertiary/aromatic N) is 2. The highest BCUT2D eigenvalue weighted by atomic mass is 35.5. The van der Waals surface area contributed by atoms with Crippen molar-refractivity contribution in [3.63, 3.8) is 0 Å². The molecule has 0 radical (unpaired) electrons. The average Bonchev–Trinajstić information content (AvgIpc) is 2.27. The molecule has 3 N–H and O–H groups in total. The summed E-state index contributed by atoms with van der Waals surface area (Å²) < 4.78 is 5.02. The number of halogens is 1. The molecule has 0 saturated heterocycles. The molecular weight excluding hydrogens is 216 g/mol. The van der Waals surface area contributed by atoms with Gasteiger partial charge in [-0.1, -0.05) is 11.6 Å². The van der Waals surface area contributed by atoms with Gasteiger partial charge in [-0.15, -0.1) is 0 Å². The van der Waals surface area contributed by atoms with Crippen molar-refractivity contribution in [2.45, 2.75) is 0 Å². The number of fused-ring (bicyclic) bond motifs is 1. The first-order valence-corrected chi connectivity index (χ1v) is 4.60. The number of ether oxygens (including phenoxy) is 1. The summed E-state index contributed by atoms with van der Waals surface area (Å²) in [7, 11) is 1.50. The highest BCUT2D eigenvalue weighted by molar-refractivity contribution is 6.31. The first-order valence-electron chi connectivity index (χ1n) is 4.22. The van der Waals surface area contributed by atoms with Gasteiger partial charge in [0.2, 0.25) is 5.82 Å². The molecule has 0 spiro atoms. The number of nitrogens with two attached hydrogens (primary N) is 1. The van der Waals surface area contributed by atoms with Crippen LogP contribution in [0.25, 0.3) is 11.0 Å². The summed E-state index contributed by atoms with van der Waals surface area (Å²) in [6.45, 7) is 0. The number of hydrogen-bond donors (Lipinski definition) is 2. The van der Waals surface area contributed by atoms with Gasteiger partial charge in [-0.25, -0.2) is 15.8 Å². The number of rotatable bonds is 2. The number of aromatic nitrogens is 2. The molecule has 0 saturated carbocycles. The standard InChI is InChI=1S/C9H9ClN4O/c1-15-9-8(14-11)12-6-3-2-5(10)4-7(6)13-9/h2-4H,11H2,1H3,(H,12,14). The molecule has 0 aliphatic carbocycles. The van der Waals surface area contributed by atoms with E-state index in [2.05, 4.69) is 15.4 Å². The molecule has 6 heteroatoms. The highest BCUT2D eigenvalue weighted by Gasteiger charge is 2.07. The number of hydrogen-bond acceptors (Lipinski definition) is 5. The zero-order chi connectivity index (χ0) is 10.8. The SMILES string of the molecule is COc1nc2cc(Cl)ccc2nc1NN. The first kappa shape index (κ1) is 9.95. The first-order chi connectivity index (χ1) is 7.24. The lowest BCUT2D eigenvalue weighted by molar-refractivity contribution is 0.400. The Balaban J connectivity index is 2.69. The van der Waals surface area contributed by atoms with Crippen LogP contribution in [0.5, 0.6) is 5.88 Å². The number of anilines is 1. The minimum atomic E-state index is 0.340. The van der Waals surface area contributed by atoms with Crippen LogP contribution in [0.4, 0.5) is 5.82 Å². The summed E-state index contributed by atoms with van der Waals surface area (Å²) in [5.41, 5.74) is 3.79. The molecule has 1 aromatic heterocycles. The highest BCUT2D eigenvalue weighted by Crippen LogP contribution is 2.23. The van der Waals surface area contributed by atoms with E-state index in [9.17, 15) is 0 Å². The average molecular weight is 225 g/mol. The molecule has 0 unspecified atom stereocenters. The van der Waals surface area contributed by atoms with Crippen LogP contribution in [-0.4, -0.2) is 17.1 Å². The second-order valence-electron chi connectivity index (χ2n) is 2.86. The number of benzene rings is 1. The zero-order valence-electron chi connectivity index (χ0n) is 7.99. The number of nitrogens with one attached hydrogen (secondary N) is 1. The van der Waals surface area contributed by atoms with Crippen LogP contribution in [0.3, 0.4) is 0 Å². The number of nitrogen functional groups attached to an aromatic ring is 1. The van der Waals surface area contributed by atoms with Crippen molar-refractivity contribution in [3.8, 4) is 5.88 Å². The molecule has 0 aliphatic rings. The van der Waals surface area contributed by atoms with Crippen LogP contribution < -0.4 is 16.0 Å². The molecule has 1 heterocycles. The lowest BCUT2D eigenvalue weighted by Gasteiger charge is -2.07. The van der Waals surface area contributed by atoms with Gasteiger partial charge in [-0.3, -0.25) is 0 Å². The molecule has 0 aliphatic heterocycles. The van der Waals surface area contributed by atoms with Gasteiger partial charge in [-0.2, -0.15) is 0 Å². The largest absolute Gasteiger partial charge is 0.478 e. The molecule has 2 rings (SSSR count). The van der Waals surface area contributed by atoms with E-state index in [0.29, 0.717) is 27.8 Å². The van der Waals surface area contributed by atoms with Crippen molar-refractivity contribution >= 4 is 28.5 Å². The van der Waals surface area contributed by atoms with Crippen LogP contribution in [-0.2, 0) is 0 Å². The van der Waals surface area contributed by atoms with Gasteiger partial charge in [0.25, 0.3) is 5.88 Å². The summed E-state index contributed by atoms with van der Waals surface area (Å²) in [6, 6.07) is 5.23. The zero-order valence-corrected chi connectivity index (χ0v) is 8.75. The monoisotopic (exact) mass is 224 g/mol. The van der Waals surface area contributed by atoms with E-state index >= 15 is 0 Å². The smallest absolute Gasteiger partial charge is 0.259 e. The van der Waals surface area contributed by atoms with E-state index in [1.807, 2.05) is 0 Å². The molecule has 78 valence electrons. The maximum absolute atomic E-state index is 5.84. The fourth-order valence-corrected chi connectivity index (χ4v) is 1.41. The summed E-state index contributed by atoms with van der Waals surface area (Å²) in [4.78, 5) is 8.44. The lowest BCUT2D eigenvalue weighted by atomic mass is 10.3. The Morgan fingerprint density at radius 3 is 2.80 bits per heavy atom. The van der Waals surface area contributed by atoms with Gasteiger partial charge in [-0.05, 0) is 18.2 Å². The molecule has 15 heavy (non-hydrogen) atoms. The van der Waals surface area contributed by atoms with Crippen molar-refractivity contribution in [2.24, 2.45) is 5.84 Å². The van der Waals surface area contributed by atoms with Gasteiger partial charge in [0.05, 0.1) is 18.1 Å². The number of methoxy groups -OCH3 is 1. The number of hydrazine groups is 1. The Morgan fingerprint density at radius 2 is 2.13 bits per heavy atom. The lowest BCUT2D eigenvalue weighted by Crippen LogP contribution is -2.11. The molecule has 1 aromatic carbocycles. The van der Waals surface area contributed by atoms with Crippen molar-refractivity contribution in [3.05, 3.63) is 23.2 Å². The van der Waals surface area contributed by atoms with Crippen LogP contribution in [0.15, 0.2) is 18.2 Å². The van der Waals surface area contributed by atoms with Crippen LogP contribution in [0, 0.1) is 0 Å². The second-order valence-corrected chi connectivity index (χ2v) is 3.30. The summed E-state index contributed by atoms with van der Waals surface area (Å²) in [5, 5.41) is 0.604. The molecule has 0 amide bonds. The molecule has 2 aromatic rings. The summed E-state index contributed by atoms with van der Waals surface area (Å²) >= 11 is 5.84. The third-order valence-corrected chi connectivity index (χ3v) is 2.16. The maximum Gasteiger partial charge on any atom is 0.259 e. The van der Waals surface area contributed by atoms with Gasteiger partial charge >= 0.3 is 0 Å². The Labute approximate surface area is 91.2 Å².